The first-order chi connectivity index (χ1) is 16.7. The number of nitrogens with one attached hydrogen (secondary N) is 2. The first-order valence-electron chi connectivity index (χ1n) is 11.6. The number of aromatic amines is 1. The average molecular weight is 496 g/mol. The van der Waals surface area contributed by atoms with Crippen LogP contribution in [0.5, 0.6) is 6.01 Å². The van der Waals surface area contributed by atoms with Crippen LogP contribution in [-0.2, 0) is 0 Å². The summed E-state index contributed by atoms with van der Waals surface area (Å²) in [6.07, 6.45) is 5.42. The molecular formula is C23H29N9O2S. The van der Waals surface area contributed by atoms with Crippen LogP contribution in [0.4, 0.5) is 15.6 Å². The number of ether oxygens (including phenoxy) is 1. The zero-order valence-electron chi connectivity index (χ0n) is 20.0. The molecule has 0 aromatic carbocycles. The van der Waals surface area contributed by atoms with Crippen LogP contribution in [-0.4, -0.2) is 68.6 Å². The third-order valence-corrected chi connectivity index (χ3v) is 7.40. The van der Waals surface area contributed by atoms with Gasteiger partial charge in [0.15, 0.2) is 0 Å². The molecule has 2 aliphatic rings. The Bertz CT molecular complexity index is 1260. The van der Waals surface area contributed by atoms with Crippen molar-refractivity contribution in [2.75, 3.05) is 37.0 Å². The minimum absolute atomic E-state index is 0.166. The lowest BCUT2D eigenvalue weighted by Gasteiger charge is -2.29. The highest BCUT2D eigenvalue weighted by molar-refractivity contribution is 7.10. The quantitative estimate of drug-likeness (QED) is 0.473. The molecule has 3 atom stereocenters. The van der Waals surface area contributed by atoms with Crippen LogP contribution in [0.2, 0.25) is 0 Å². The van der Waals surface area contributed by atoms with Crippen LogP contribution < -0.4 is 20.7 Å². The van der Waals surface area contributed by atoms with Gasteiger partial charge >= 0.3 is 12.0 Å². The molecule has 3 aromatic heterocycles. The van der Waals surface area contributed by atoms with Crippen molar-refractivity contribution in [3.8, 4) is 12.1 Å². The third-order valence-electron chi connectivity index (χ3n) is 6.79. The predicted molar refractivity (Wildman–Crippen MR) is 133 cm³/mol. The number of carbonyl (C=O) groups excluding carboxylic acids is 1. The summed E-state index contributed by atoms with van der Waals surface area (Å²) >= 11 is 1.09. The van der Waals surface area contributed by atoms with Crippen LogP contribution >= 0.6 is 11.5 Å². The van der Waals surface area contributed by atoms with Gasteiger partial charge in [-0.05, 0) is 44.6 Å². The summed E-state index contributed by atoms with van der Waals surface area (Å²) in [5.41, 5.74) is 7.71. The Balaban J connectivity index is 1.19. The fourth-order valence-corrected chi connectivity index (χ4v) is 5.64. The number of likely N-dealkylation sites (tertiary alicyclic amines) is 1. The number of aromatic nitrogens is 4. The maximum Gasteiger partial charge on any atom is 0.330 e. The van der Waals surface area contributed by atoms with Crippen molar-refractivity contribution in [2.24, 2.45) is 17.6 Å². The molecule has 11 nitrogen and oxygen atoms in total. The van der Waals surface area contributed by atoms with Gasteiger partial charge in [0.2, 0.25) is 5.13 Å². The monoisotopic (exact) mass is 495 g/mol. The first kappa shape index (κ1) is 23.3. The SMILES string of the molecule is CN(c1c(C#N)cnc2[nH]ccc12)[C@H]1C[C@@H]2CN(C(=O)Nc3nc(OCC(C)(C)N)ns3)C[C@@H]2C1. The van der Waals surface area contributed by atoms with Crippen LogP contribution in [0.15, 0.2) is 18.5 Å². The molecular weight excluding hydrogens is 466 g/mol. The molecule has 4 N–H and O–H groups in total. The molecule has 184 valence electrons. The van der Waals surface area contributed by atoms with E-state index in [0.717, 1.165) is 41.1 Å². The number of rotatable bonds is 6. The van der Waals surface area contributed by atoms with Gasteiger partial charge < -0.3 is 25.3 Å². The molecule has 35 heavy (non-hydrogen) atoms. The average Bonchev–Trinajstić information content (AvgIpc) is 3.59. The van der Waals surface area contributed by atoms with E-state index in [9.17, 15) is 10.1 Å². The smallest absolute Gasteiger partial charge is 0.330 e. The van der Waals surface area contributed by atoms with E-state index in [1.165, 1.54) is 0 Å². The summed E-state index contributed by atoms with van der Waals surface area (Å²) in [5.74, 6) is 0.838. The molecule has 1 aliphatic heterocycles. The largest absolute Gasteiger partial charge is 0.461 e. The van der Waals surface area contributed by atoms with E-state index in [1.807, 2.05) is 31.0 Å². The van der Waals surface area contributed by atoms with Crippen LogP contribution in [0, 0.1) is 23.2 Å². The second-order valence-electron chi connectivity index (χ2n) is 10.1. The molecule has 0 bridgehead atoms. The second kappa shape index (κ2) is 8.98. The van der Waals surface area contributed by atoms with Gasteiger partial charge in [-0.2, -0.15) is 10.2 Å². The van der Waals surface area contributed by atoms with Crippen molar-refractivity contribution >= 4 is 39.4 Å². The summed E-state index contributed by atoms with van der Waals surface area (Å²) in [7, 11) is 2.06. The zero-order valence-corrected chi connectivity index (χ0v) is 20.8. The molecule has 0 radical (unpaired) electrons. The van der Waals surface area contributed by atoms with Gasteiger partial charge in [-0.1, -0.05) is 0 Å². The van der Waals surface area contributed by atoms with E-state index in [1.54, 1.807) is 6.20 Å². The molecule has 3 aromatic rings. The number of hydrogen-bond acceptors (Lipinski definition) is 9. The Morgan fingerprint density at radius 3 is 2.86 bits per heavy atom. The van der Waals surface area contributed by atoms with Gasteiger partial charge in [0, 0.05) is 61.0 Å². The van der Waals surface area contributed by atoms with Crippen LogP contribution in [0.25, 0.3) is 11.0 Å². The molecule has 4 heterocycles. The van der Waals surface area contributed by atoms with Gasteiger partial charge in [-0.25, -0.2) is 9.78 Å². The number of amides is 2. The van der Waals surface area contributed by atoms with E-state index in [4.69, 9.17) is 10.5 Å². The molecule has 1 aliphatic carbocycles. The second-order valence-corrected chi connectivity index (χ2v) is 10.9. The Hall–Kier alpha value is -3.43. The number of anilines is 2. The van der Waals surface area contributed by atoms with E-state index in [-0.39, 0.29) is 18.6 Å². The lowest BCUT2D eigenvalue weighted by Crippen LogP contribution is -2.38. The van der Waals surface area contributed by atoms with Crippen molar-refractivity contribution in [3.63, 3.8) is 0 Å². The highest BCUT2D eigenvalue weighted by Gasteiger charge is 2.44. The van der Waals surface area contributed by atoms with E-state index >= 15 is 0 Å². The van der Waals surface area contributed by atoms with Gasteiger partial charge in [-0.15, -0.1) is 4.37 Å². The molecule has 0 spiro atoms. The fourth-order valence-electron chi connectivity index (χ4n) is 5.13. The molecule has 1 saturated carbocycles. The van der Waals surface area contributed by atoms with Crippen LogP contribution in [0.1, 0.15) is 32.3 Å². The number of nitrogens with two attached hydrogens (primary N) is 1. The maximum absolute atomic E-state index is 12.8. The molecule has 1 saturated heterocycles. The molecule has 5 rings (SSSR count). The molecule has 0 unspecified atom stereocenters. The summed E-state index contributed by atoms with van der Waals surface area (Å²) in [5, 5.41) is 13.9. The number of fused-ring (bicyclic) bond motifs is 2. The Labute approximate surface area is 207 Å². The normalized spacial score (nSPS) is 21.7. The van der Waals surface area contributed by atoms with Gasteiger partial charge in [0.05, 0.1) is 11.3 Å². The lowest BCUT2D eigenvalue weighted by molar-refractivity contribution is 0.218. The van der Waals surface area contributed by atoms with Crippen molar-refractivity contribution < 1.29 is 9.53 Å². The van der Waals surface area contributed by atoms with Crippen molar-refractivity contribution in [2.45, 2.75) is 38.3 Å². The van der Waals surface area contributed by atoms with Crippen LogP contribution in [0.3, 0.4) is 0 Å². The number of nitriles is 1. The van der Waals surface area contributed by atoms with Crippen molar-refractivity contribution in [3.05, 3.63) is 24.0 Å². The Kier molecular flexibility index (Phi) is 5.98. The summed E-state index contributed by atoms with van der Waals surface area (Å²) in [4.78, 5) is 28.6. The van der Waals surface area contributed by atoms with Gasteiger partial charge in [0.1, 0.15) is 18.3 Å². The predicted octanol–water partition coefficient (Wildman–Crippen LogP) is 2.78. The molecule has 2 amide bonds. The highest BCUT2D eigenvalue weighted by Crippen LogP contribution is 2.42. The van der Waals surface area contributed by atoms with Crippen molar-refractivity contribution in [1.29, 1.82) is 5.26 Å². The summed E-state index contributed by atoms with van der Waals surface area (Å²) < 4.78 is 9.63. The minimum atomic E-state index is -0.491. The summed E-state index contributed by atoms with van der Waals surface area (Å²) in [6, 6.07) is 4.62. The van der Waals surface area contributed by atoms with E-state index in [2.05, 4.69) is 42.7 Å². The highest BCUT2D eigenvalue weighted by atomic mass is 32.1. The molecule has 12 heteroatoms. The van der Waals surface area contributed by atoms with E-state index < -0.39 is 5.54 Å². The maximum atomic E-state index is 12.8. The Morgan fingerprint density at radius 2 is 2.17 bits per heavy atom. The number of carbonyl (C=O) groups is 1. The van der Waals surface area contributed by atoms with E-state index in [0.29, 0.717) is 41.7 Å². The minimum Gasteiger partial charge on any atom is -0.461 e. The number of pyridine rings is 1. The van der Waals surface area contributed by atoms with Gasteiger partial charge in [0.25, 0.3) is 0 Å². The zero-order chi connectivity index (χ0) is 24.7. The molecule has 2 fully saturated rings. The topological polar surface area (TPSA) is 149 Å². The number of H-pyrrole nitrogens is 1. The number of urea groups is 1. The third kappa shape index (κ3) is 4.74. The number of nitrogens with zero attached hydrogens (tertiary/aromatic N) is 6. The lowest BCUT2D eigenvalue weighted by atomic mass is 10.0. The standard InChI is InChI=1S/C23H29N9O2S/c1-23(2,25)12-34-20-28-21(35-30-20)29-22(33)32-10-13-6-16(7-14(13)11-32)31(3)18-15(8-24)9-27-19-17(18)4-5-26-19/h4-5,9,13-14,16H,6-7,10-12,25H2,1-3H3,(H,26,27)(H,28,29,30,33)/t13-,14+,16+. The first-order valence-corrected chi connectivity index (χ1v) is 12.4. The Morgan fingerprint density at radius 1 is 1.43 bits per heavy atom. The number of hydrogen-bond donors (Lipinski definition) is 3. The van der Waals surface area contributed by atoms with Gasteiger partial charge in [-0.3, -0.25) is 5.32 Å². The fraction of sp³-hybridized carbons (Fsp3) is 0.522. The van der Waals surface area contributed by atoms with Crippen molar-refractivity contribution in [1.82, 2.24) is 24.2 Å². The summed E-state index contributed by atoms with van der Waals surface area (Å²) in [6.45, 7) is 5.40.